The van der Waals surface area contributed by atoms with Crippen molar-refractivity contribution in [2.75, 3.05) is 25.9 Å². The standard InChI is InChI=1S/C14H29N.CH4O3S/c1-3-5-7-11-15-12-8-10-14(13-15)9-6-4-2;1-5(2,3)4/h14H,3-13H2,1-2H3;1H3,(H,2,3,4). The SMILES string of the molecule is CCCCC[NH+]1CCCC(CCCC)C1.CS(=O)(=O)[O-]. The molecule has 0 aromatic carbocycles. The predicted octanol–water partition coefficient (Wildman–Crippen LogP) is 1.82. The van der Waals surface area contributed by atoms with Gasteiger partial charge in [-0.1, -0.05) is 33.1 Å². The van der Waals surface area contributed by atoms with Gasteiger partial charge in [-0.15, -0.1) is 0 Å². The number of hydrogen-bond donors (Lipinski definition) is 1. The second kappa shape index (κ2) is 11.5. The minimum Gasteiger partial charge on any atom is -0.748 e. The molecule has 4 nitrogen and oxygen atoms in total. The molecule has 0 amide bonds. The van der Waals surface area contributed by atoms with E-state index >= 15 is 0 Å². The van der Waals surface area contributed by atoms with Gasteiger partial charge in [-0.3, -0.25) is 0 Å². The number of likely N-dealkylation sites (tertiary alicyclic amines) is 1. The van der Waals surface area contributed by atoms with Crippen LogP contribution in [0, 0.1) is 5.92 Å². The van der Waals surface area contributed by atoms with Crippen LogP contribution in [0.1, 0.15) is 65.2 Å². The summed E-state index contributed by atoms with van der Waals surface area (Å²) in [6, 6.07) is 0. The Balaban J connectivity index is 0.000000621. The van der Waals surface area contributed by atoms with Gasteiger partial charge in [0.25, 0.3) is 0 Å². The summed E-state index contributed by atoms with van der Waals surface area (Å²) in [5.41, 5.74) is 0. The Bertz CT molecular complexity index is 309. The molecule has 1 N–H and O–H groups in total. The number of hydrogen-bond acceptors (Lipinski definition) is 3. The normalized spacial score (nSPS) is 23.0. The van der Waals surface area contributed by atoms with E-state index in [1.807, 2.05) is 4.90 Å². The number of piperidine rings is 1. The van der Waals surface area contributed by atoms with E-state index in [2.05, 4.69) is 13.8 Å². The van der Waals surface area contributed by atoms with Crippen LogP contribution in [0.5, 0.6) is 0 Å². The Morgan fingerprint density at radius 3 is 2.30 bits per heavy atom. The molecule has 2 unspecified atom stereocenters. The number of unbranched alkanes of at least 4 members (excludes halogenated alkanes) is 3. The van der Waals surface area contributed by atoms with Gasteiger partial charge in [-0.2, -0.15) is 0 Å². The molecule has 0 bridgehead atoms. The third kappa shape index (κ3) is 14.3. The molecule has 0 radical (unpaired) electrons. The monoisotopic (exact) mass is 307 g/mol. The van der Waals surface area contributed by atoms with Crippen LogP contribution in [0.15, 0.2) is 0 Å². The highest BCUT2D eigenvalue weighted by atomic mass is 32.2. The second-order valence-electron chi connectivity index (χ2n) is 6.02. The maximum absolute atomic E-state index is 9.08. The molecule has 2 atom stereocenters. The lowest BCUT2D eigenvalue weighted by atomic mass is 9.93. The van der Waals surface area contributed by atoms with E-state index in [1.54, 1.807) is 0 Å². The van der Waals surface area contributed by atoms with Crippen molar-refractivity contribution in [3.05, 3.63) is 0 Å². The third-order valence-electron chi connectivity index (χ3n) is 3.82. The van der Waals surface area contributed by atoms with E-state index in [1.165, 1.54) is 71.0 Å². The smallest absolute Gasteiger partial charge is 0.0916 e. The van der Waals surface area contributed by atoms with Gasteiger partial charge in [0.1, 0.15) is 0 Å². The van der Waals surface area contributed by atoms with E-state index in [-0.39, 0.29) is 0 Å². The first-order valence-corrected chi connectivity index (χ1v) is 9.92. The molecule has 1 aliphatic rings. The number of quaternary nitrogens is 1. The maximum atomic E-state index is 9.08. The summed E-state index contributed by atoms with van der Waals surface area (Å²) in [6.45, 7) is 8.98. The van der Waals surface area contributed by atoms with Crippen LogP contribution >= 0.6 is 0 Å². The van der Waals surface area contributed by atoms with Crippen molar-refractivity contribution < 1.29 is 17.9 Å². The second-order valence-corrected chi connectivity index (χ2v) is 7.42. The fraction of sp³-hybridized carbons (Fsp3) is 1.00. The molecule has 0 aliphatic carbocycles. The molecular formula is C15H33NO3S. The molecule has 1 heterocycles. The highest BCUT2D eigenvalue weighted by Gasteiger charge is 2.21. The van der Waals surface area contributed by atoms with E-state index < -0.39 is 10.1 Å². The zero-order chi connectivity index (χ0) is 15.4. The predicted molar refractivity (Wildman–Crippen MR) is 83.0 cm³/mol. The molecule has 1 rings (SSSR count). The quantitative estimate of drug-likeness (QED) is 0.576. The van der Waals surface area contributed by atoms with E-state index in [4.69, 9.17) is 13.0 Å². The molecule has 0 aromatic heterocycles. The Kier molecular flexibility index (Phi) is 11.4. The lowest BCUT2D eigenvalue weighted by Crippen LogP contribution is -3.13. The van der Waals surface area contributed by atoms with Gasteiger partial charge >= 0.3 is 0 Å². The van der Waals surface area contributed by atoms with Crippen LogP contribution in [0.2, 0.25) is 0 Å². The van der Waals surface area contributed by atoms with Crippen molar-refractivity contribution in [2.24, 2.45) is 5.92 Å². The van der Waals surface area contributed by atoms with E-state index in [0.717, 1.165) is 5.92 Å². The Hall–Kier alpha value is -0.130. The summed E-state index contributed by atoms with van der Waals surface area (Å²) in [6.07, 6.45) is 12.2. The van der Waals surface area contributed by atoms with Gasteiger partial charge in [-0.25, -0.2) is 8.42 Å². The highest BCUT2D eigenvalue weighted by Crippen LogP contribution is 2.14. The van der Waals surface area contributed by atoms with Crippen molar-refractivity contribution in [1.29, 1.82) is 0 Å². The van der Waals surface area contributed by atoms with Crippen molar-refractivity contribution in [1.82, 2.24) is 0 Å². The van der Waals surface area contributed by atoms with Gasteiger partial charge in [-0.05, 0) is 32.1 Å². The first-order valence-electron chi connectivity index (χ1n) is 8.11. The van der Waals surface area contributed by atoms with E-state index in [0.29, 0.717) is 6.26 Å². The van der Waals surface area contributed by atoms with E-state index in [9.17, 15) is 0 Å². The summed E-state index contributed by atoms with van der Waals surface area (Å²) in [5, 5.41) is 0. The minimum atomic E-state index is -3.92. The molecular weight excluding hydrogens is 274 g/mol. The molecule has 20 heavy (non-hydrogen) atoms. The average Bonchev–Trinajstić information content (AvgIpc) is 2.35. The average molecular weight is 308 g/mol. The molecule has 1 aliphatic heterocycles. The lowest BCUT2D eigenvalue weighted by molar-refractivity contribution is -0.909. The Morgan fingerprint density at radius 2 is 1.75 bits per heavy atom. The molecule has 0 saturated carbocycles. The van der Waals surface area contributed by atoms with Gasteiger partial charge in [0.15, 0.2) is 0 Å². The summed E-state index contributed by atoms with van der Waals surface area (Å²) in [5.74, 6) is 1.05. The maximum Gasteiger partial charge on any atom is 0.0916 e. The molecule has 5 heteroatoms. The topological polar surface area (TPSA) is 61.6 Å². The van der Waals surface area contributed by atoms with Crippen molar-refractivity contribution in [3.63, 3.8) is 0 Å². The zero-order valence-electron chi connectivity index (χ0n) is 13.5. The Morgan fingerprint density at radius 1 is 1.15 bits per heavy atom. The fourth-order valence-electron chi connectivity index (χ4n) is 2.84. The lowest BCUT2D eigenvalue weighted by Gasteiger charge is -2.29. The summed E-state index contributed by atoms with van der Waals surface area (Å²) >= 11 is 0. The minimum absolute atomic E-state index is 0.604. The van der Waals surface area contributed by atoms with Crippen molar-refractivity contribution in [2.45, 2.75) is 65.2 Å². The zero-order valence-corrected chi connectivity index (χ0v) is 14.3. The van der Waals surface area contributed by atoms with Crippen molar-refractivity contribution >= 4 is 10.1 Å². The summed E-state index contributed by atoms with van der Waals surface area (Å²) in [7, 11) is -3.92. The van der Waals surface area contributed by atoms with Crippen molar-refractivity contribution in [3.8, 4) is 0 Å². The molecule has 0 spiro atoms. The number of rotatable bonds is 7. The highest BCUT2D eigenvalue weighted by molar-refractivity contribution is 7.84. The Labute approximate surface area is 125 Å². The largest absolute Gasteiger partial charge is 0.748 e. The van der Waals surface area contributed by atoms with Crippen LogP contribution < -0.4 is 4.90 Å². The molecule has 0 aromatic rings. The van der Waals surface area contributed by atoms with Gasteiger partial charge < -0.3 is 9.45 Å². The van der Waals surface area contributed by atoms with Crippen LogP contribution in [-0.4, -0.2) is 38.9 Å². The van der Waals surface area contributed by atoms with Gasteiger partial charge in [0, 0.05) is 12.2 Å². The van der Waals surface area contributed by atoms with Crippen LogP contribution in [0.3, 0.4) is 0 Å². The molecule has 122 valence electrons. The molecule has 1 saturated heterocycles. The first kappa shape index (κ1) is 19.9. The number of nitrogens with one attached hydrogen (secondary N) is 1. The summed E-state index contributed by atoms with van der Waals surface area (Å²) in [4.78, 5) is 1.90. The molecule has 1 fully saturated rings. The summed E-state index contributed by atoms with van der Waals surface area (Å²) < 4.78 is 27.2. The van der Waals surface area contributed by atoms with Crippen LogP contribution in [0.4, 0.5) is 0 Å². The fourth-order valence-corrected chi connectivity index (χ4v) is 2.84. The van der Waals surface area contributed by atoms with Gasteiger partial charge in [0.05, 0.1) is 29.8 Å². The van der Waals surface area contributed by atoms with Crippen LogP contribution in [0.25, 0.3) is 0 Å². The van der Waals surface area contributed by atoms with Crippen LogP contribution in [-0.2, 0) is 10.1 Å². The van der Waals surface area contributed by atoms with Gasteiger partial charge in [0.2, 0.25) is 0 Å². The first-order chi connectivity index (χ1) is 9.36. The third-order valence-corrected chi connectivity index (χ3v) is 3.82.